The van der Waals surface area contributed by atoms with Crippen LogP contribution in [0.4, 0.5) is 17.5 Å². The lowest BCUT2D eigenvalue weighted by Gasteiger charge is -2.14. The van der Waals surface area contributed by atoms with Crippen molar-refractivity contribution in [2.24, 2.45) is 0 Å². The molecule has 0 aliphatic rings. The fraction of sp³-hybridized carbons (Fsp3) is 0.375. The van der Waals surface area contributed by atoms with Gasteiger partial charge in [-0.05, 0) is 38.7 Å². The largest absolute Gasteiger partial charge is 0.495 e. The molecule has 6 nitrogen and oxygen atoms in total. The fourth-order valence-electron chi connectivity index (χ4n) is 1.97. The van der Waals surface area contributed by atoms with Crippen molar-refractivity contribution < 1.29 is 4.74 Å². The lowest BCUT2D eigenvalue weighted by molar-refractivity contribution is 0.416. The molecule has 0 saturated heterocycles. The van der Waals surface area contributed by atoms with Crippen molar-refractivity contribution in [1.82, 2.24) is 14.9 Å². The van der Waals surface area contributed by atoms with E-state index in [0.717, 1.165) is 24.3 Å². The molecule has 1 heterocycles. The summed E-state index contributed by atoms with van der Waals surface area (Å²) in [6.45, 7) is 3.63. The first-order valence-electron chi connectivity index (χ1n) is 7.32. The summed E-state index contributed by atoms with van der Waals surface area (Å²) in [4.78, 5) is 10.8. The Morgan fingerprint density at radius 2 is 2.09 bits per heavy atom. The molecule has 23 heavy (non-hydrogen) atoms. The molecule has 2 rings (SSSR count). The number of rotatable bonds is 7. The zero-order valence-corrected chi connectivity index (χ0v) is 14.6. The normalized spacial score (nSPS) is 10.7. The molecule has 2 N–H and O–H groups in total. The van der Waals surface area contributed by atoms with Crippen molar-refractivity contribution in [3.05, 3.63) is 35.0 Å². The van der Waals surface area contributed by atoms with Gasteiger partial charge in [0.25, 0.3) is 0 Å². The van der Waals surface area contributed by atoms with Crippen LogP contribution in [0.5, 0.6) is 5.75 Å². The lowest BCUT2D eigenvalue weighted by Crippen LogP contribution is -2.21. The summed E-state index contributed by atoms with van der Waals surface area (Å²) >= 11 is 6.13. The van der Waals surface area contributed by atoms with E-state index in [-0.39, 0.29) is 0 Å². The van der Waals surface area contributed by atoms with Gasteiger partial charge in [0.15, 0.2) is 0 Å². The van der Waals surface area contributed by atoms with Crippen LogP contribution in [0.1, 0.15) is 5.56 Å². The monoisotopic (exact) mass is 335 g/mol. The van der Waals surface area contributed by atoms with Crippen molar-refractivity contribution in [2.45, 2.75) is 6.92 Å². The summed E-state index contributed by atoms with van der Waals surface area (Å²) < 4.78 is 5.36. The Bertz CT molecular complexity index is 663. The van der Waals surface area contributed by atoms with Gasteiger partial charge in [-0.2, -0.15) is 4.98 Å². The maximum atomic E-state index is 6.13. The van der Waals surface area contributed by atoms with Crippen LogP contribution >= 0.6 is 11.6 Å². The quantitative estimate of drug-likeness (QED) is 0.810. The lowest BCUT2D eigenvalue weighted by atomic mass is 10.2. The highest BCUT2D eigenvalue weighted by Gasteiger charge is 2.08. The Kier molecular flexibility index (Phi) is 6.01. The van der Waals surface area contributed by atoms with Gasteiger partial charge < -0.3 is 20.3 Å². The van der Waals surface area contributed by atoms with E-state index < -0.39 is 0 Å². The molecule has 0 aliphatic carbocycles. The smallest absolute Gasteiger partial charge is 0.224 e. The van der Waals surface area contributed by atoms with Crippen molar-refractivity contribution >= 4 is 29.1 Å². The highest BCUT2D eigenvalue weighted by Crippen LogP contribution is 2.32. The molecule has 0 saturated carbocycles. The maximum absolute atomic E-state index is 6.13. The highest BCUT2D eigenvalue weighted by atomic mass is 35.5. The third kappa shape index (κ3) is 4.97. The van der Waals surface area contributed by atoms with E-state index >= 15 is 0 Å². The molecular formula is C16H22ClN5O. The number of likely N-dealkylation sites (N-methyl/N-ethyl adjacent to an activating group) is 1. The summed E-state index contributed by atoms with van der Waals surface area (Å²) in [7, 11) is 5.66. The van der Waals surface area contributed by atoms with Gasteiger partial charge in [0.2, 0.25) is 5.95 Å². The topological polar surface area (TPSA) is 62.3 Å². The van der Waals surface area contributed by atoms with E-state index in [1.54, 1.807) is 25.4 Å². The third-order valence-electron chi connectivity index (χ3n) is 3.24. The number of aryl methyl sites for hydroxylation is 1. The number of benzene rings is 1. The summed E-state index contributed by atoms with van der Waals surface area (Å²) in [5.41, 5.74) is 1.78. The van der Waals surface area contributed by atoms with Crippen molar-refractivity contribution in [3.63, 3.8) is 0 Å². The van der Waals surface area contributed by atoms with Crippen LogP contribution in [-0.2, 0) is 0 Å². The Morgan fingerprint density at radius 1 is 1.30 bits per heavy atom. The van der Waals surface area contributed by atoms with Gasteiger partial charge in [-0.15, -0.1) is 0 Å². The van der Waals surface area contributed by atoms with Crippen molar-refractivity contribution in [1.29, 1.82) is 0 Å². The molecule has 0 aliphatic heterocycles. The van der Waals surface area contributed by atoms with Crippen LogP contribution in [0.2, 0.25) is 5.02 Å². The minimum Gasteiger partial charge on any atom is -0.495 e. The maximum Gasteiger partial charge on any atom is 0.224 e. The Balaban J connectivity index is 2.13. The average molecular weight is 336 g/mol. The number of anilines is 3. The van der Waals surface area contributed by atoms with Gasteiger partial charge in [0.05, 0.1) is 12.8 Å². The summed E-state index contributed by atoms with van der Waals surface area (Å²) in [5.74, 6) is 1.94. The minimum atomic E-state index is 0.585. The first kappa shape index (κ1) is 17.3. The number of aromatic nitrogens is 2. The summed E-state index contributed by atoms with van der Waals surface area (Å²) in [5, 5.41) is 7.11. The minimum absolute atomic E-state index is 0.585. The second-order valence-corrected chi connectivity index (χ2v) is 5.83. The molecule has 2 aromatic rings. The van der Waals surface area contributed by atoms with Crippen LogP contribution in [0, 0.1) is 6.92 Å². The molecule has 0 fully saturated rings. The van der Waals surface area contributed by atoms with E-state index in [4.69, 9.17) is 16.3 Å². The van der Waals surface area contributed by atoms with Gasteiger partial charge >= 0.3 is 0 Å². The van der Waals surface area contributed by atoms with E-state index in [1.807, 2.05) is 27.1 Å². The standard InChI is InChI=1S/C16H22ClN5O/c1-11-9-13(14(23-4)10-12(11)17)20-15-5-6-18-16(21-15)19-7-8-22(2)3/h5-6,9-10H,7-8H2,1-4H3,(H2,18,19,20,21). The Morgan fingerprint density at radius 3 is 2.78 bits per heavy atom. The van der Waals surface area contributed by atoms with Crippen LogP contribution in [0.3, 0.4) is 0 Å². The molecule has 0 atom stereocenters. The van der Waals surface area contributed by atoms with E-state index in [2.05, 4.69) is 25.5 Å². The average Bonchev–Trinajstić information content (AvgIpc) is 2.51. The van der Waals surface area contributed by atoms with Crippen LogP contribution < -0.4 is 15.4 Å². The number of halogens is 1. The molecule has 0 spiro atoms. The number of nitrogens with zero attached hydrogens (tertiary/aromatic N) is 3. The molecule has 0 unspecified atom stereocenters. The number of ether oxygens (including phenoxy) is 1. The molecule has 1 aromatic heterocycles. The molecular weight excluding hydrogens is 314 g/mol. The molecule has 0 bridgehead atoms. The zero-order chi connectivity index (χ0) is 16.8. The second kappa shape index (κ2) is 7.99. The Labute approximate surface area is 141 Å². The molecule has 7 heteroatoms. The molecule has 0 amide bonds. The van der Waals surface area contributed by atoms with Crippen LogP contribution in [0.25, 0.3) is 0 Å². The van der Waals surface area contributed by atoms with Crippen LogP contribution in [0.15, 0.2) is 24.4 Å². The van der Waals surface area contributed by atoms with E-state index in [1.165, 1.54) is 0 Å². The number of hydrogen-bond acceptors (Lipinski definition) is 6. The predicted molar refractivity (Wildman–Crippen MR) is 95.1 cm³/mol. The predicted octanol–water partition coefficient (Wildman–Crippen LogP) is 3.16. The molecule has 124 valence electrons. The number of hydrogen-bond donors (Lipinski definition) is 2. The Hall–Kier alpha value is -2.05. The van der Waals surface area contributed by atoms with Gasteiger partial charge in [0, 0.05) is 30.4 Å². The fourth-order valence-corrected chi connectivity index (χ4v) is 2.13. The van der Waals surface area contributed by atoms with E-state index in [9.17, 15) is 0 Å². The molecule has 0 radical (unpaired) electrons. The number of nitrogens with one attached hydrogen (secondary N) is 2. The molecule has 1 aromatic carbocycles. The summed E-state index contributed by atoms with van der Waals surface area (Å²) in [6.07, 6.45) is 1.71. The first-order valence-corrected chi connectivity index (χ1v) is 7.70. The van der Waals surface area contributed by atoms with Gasteiger partial charge in [-0.3, -0.25) is 0 Å². The van der Waals surface area contributed by atoms with Gasteiger partial charge in [0.1, 0.15) is 11.6 Å². The summed E-state index contributed by atoms with van der Waals surface area (Å²) in [6, 6.07) is 5.53. The van der Waals surface area contributed by atoms with Crippen molar-refractivity contribution in [2.75, 3.05) is 44.9 Å². The van der Waals surface area contributed by atoms with Crippen molar-refractivity contribution in [3.8, 4) is 5.75 Å². The third-order valence-corrected chi connectivity index (χ3v) is 3.65. The van der Waals surface area contributed by atoms with E-state index in [0.29, 0.717) is 22.5 Å². The van der Waals surface area contributed by atoms with Gasteiger partial charge in [-0.25, -0.2) is 4.98 Å². The van der Waals surface area contributed by atoms with Gasteiger partial charge in [-0.1, -0.05) is 11.6 Å². The zero-order valence-electron chi connectivity index (χ0n) is 13.9. The van der Waals surface area contributed by atoms with Crippen LogP contribution in [-0.4, -0.2) is 49.2 Å². The first-order chi connectivity index (χ1) is 11.0. The highest BCUT2D eigenvalue weighted by molar-refractivity contribution is 6.31. The SMILES string of the molecule is COc1cc(Cl)c(C)cc1Nc1ccnc(NCCN(C)C)n1. The number of methoxy groups -OCH3 is 1. The second-order valence-electron chi connectivity index (χ2n) is 5.42.